The highest BCUT2D eigenvalue weighted by molar-refractivity contribution is 7.93. The van der Waals surface area contributed by atoms with E-state index in [0.717, 1.165) is 4.31 Å². The first kappa shape index (κ1) is 22.5. The number of ether oxygens (including phenoxy) is 2. The number of hydrogen-bond acceptors (Lipinski definition) is 6. The molecule has 0 aromatic heterocycles. The molecule has 0 aliphatic heterocycles. The third-order valence-electron chi connectivity index (χ3n) is 4.04. The van der Waals surface area contributed by atoms with Crippen LogP contribution in [0.15, 0.2) is 47.4 Å². The summed E-state index contributed by atoms with van der Waals surface area (Å²) in [5, 5.41) is 1.69. The standard InChI is InChI=1S/C19H21ClN2O6S/c1-12(19(20)24)22(17-11-15(27-3)7-10-18(17)28-4)29(25,26)16-8-5-14(6-9-16)21-13(2)23/h5-12H,1-4H3,(H,21,23). The highest BCUT2D eigenvalue weighted by Crippen LogP contribution is 2.37. The zero-order valence-electron chi connectivity index (χ0n) is 16.3. The van der Waals surface area contributed by atoms with Crippen molar-refractivity contribution in [2.24, 2.45) is 0 Å². The average Bonchev–Trinajstić information content (AvgIpc) is 2.67. The Hall–Kier alpha value is -2.78. The Morgan fingerprint density at radius 1 is 1.07 bits per heavy atom. The Kier molecular flexibility index (Phi) is 7.10. The van der Waals surface area contributed by atoms with Crippen molar-refractivity contribution in [2.75, 3.05) is 23.8 Å². The van der Waals surface area contributed by atoms with Gasteiger partial charge in [0.25, 0.3) is 10.0 Å². The first-order valence-electron chi connectivity index (χ1n) is 8.45. The van der Waals surface area contributed by atoms with Gasteiger partial charge in [-0.25, -0.2) is 8.42 Å². The maximum atomic E-state index is 13.4. The molecule has 1 amide bonds. The smallest absolute Gasteiger partial charge is 0.265 e. The van der Waals surface area contributed by atoms with Crippen LogP contribution in [0.5, 0.6) is 11.5 Å². The Morgan fingerprint density at radius 3 is 2.17 bits per heavy atom. The number of benzene rings is 2. The van der Waals surface area contributed by atoms with Gasteiger partial charge in [-0.1, -0.05) is 0 Å². The van der Waals surface area contributed by atoms with Crippen LogP contribution >= 0.6 is 11.6 Å². The molecule has 10 heteroatoms. The zero-order chi connectivity index (χ0) is 21.8. The van der Waals surface area contributed by atoms with Crippen LogP contribution in [0.3, 0.4) is 0 Å². The molecule has 1 unspecified atom stereocenters. The van der Waals surface area contributed by atoms with Gasteiger partial charge in [-0.3, -0.25) is 13.9 Å². The van der Waals surface area contributed by atoms with Crippen molar-refractivity contribution in [3.8, 4) is 11.5 Å². The van der Waals surface area contributed by atoms with E-state index in [2.05, 4.69) is 5.32 Å². The van der Waals surface area contributed by atoms with Crippen molar-refractivity contribution < 1.29 is 27.5 Å². The molecular formula is C19H21ClN2O6S. The Morgan fingerprint density at radius 2 is 1.69 bits per heavy atom. The number of anilines is 2. The highest BCUT2D eigenvalue weighted by atomic mass is 35.5. The monoisotopic (exact) mass is 440 g/mol. The van der Waals surface area contributed by atoms with E-state index in [4.69, 9.17) is 21.1 Å². The van der Waals surface area contributed by atoms with Gasteiger partial charge in [0.05, 0.1) is 24.8 Å². The summed E-state index contributed by atoms with van der Waals surface area (Å²) in [6.45, 7) is 2.71. The maximum Gasteiger partial charge on any atom is 0.265 e. The van der Waals surface area contributed by atoms with Crippen LogP contribution in [0.1, 0.15) is 13.8 Å². The fraction of sp³-hybridized carbons (Fsp3) is 0.263. The van der Waals surface area contributed by atoms with E-state index in [1.165, 1.54) is 64.5 Å². The van der Waals surface area contributed by atoms with Crippen molar-refractivity contribution in [1.82, 2.24) is 0 Å². The molecule has 0 aliphatic carbocycles. The number of carbonyl (C=O) groups is 2. The number of carbonyl (C=O) groups excluding carboxylic acids is 2. The Balaban J connectivity index is 2.64. The Labute approximate surface area is 174 Å². The minimum atomic E-state index is -4.22. The lowest BCUT2D eigenvalue weighted by Gasteiger charge is -2.29. The molecule has 2 rings (SSSR count). The molecular weight excluding hydrogens is 420 g/mol. The molecule has 0 saturated carbocycles. The van der Waals surface area contributed by atoms with Gasteiger partial charge in [-0.05, 0) is 54.9 Å². The molecule has 1 atom stereocenters. The van der Waals surface area contributed by atoms with E-state index in [9.17, 15) is 18.0 Å². The molecule has 2 aromatic rings. The lowest BCUT2D eigenvalue weighted by atomic mass is 10.2. The number of nitrogens with one attached hydrogen (secondary N) is 1. The third kappa shape index (κ3) is 4.99. The van der Waals surface area contributed by atoms with Crippen molar-refractivity contribution in [3.05, 3.63) is 42.5 Å². The molecule has 0 fully saturated rings. The minimum Gasteiger partial charge on any atom is -0.497 e. The van der Waals surface area contributed by atoms with Crippen molar-refractivity contribution >= 4 is 44.1 Å². The average molecular weight is 441 g/mol. The number of nitrogens with zero attached hydrogens (tertiary/aromatic N) is 1. The number of hydrogen-bond donors (Lipinski definition) is 1. The summed E-state index contributed by atoms with van der Waals surface area (Å²) in [6.07, 6.45) is 0. The number of rotatable bonds is 8. The predicted octanol–water partition coefficient (Wildman–Crippen LogP) is 3.01. The third-order valence-corrected chi connectivity index (χ3v) is 6.25. The summed E-state index contributed by atoms with van der Waals surface area (Å²) in [5.74, 6) is 0.301. The summed E-state index contributed by atoms with van der Waals surface area (Å²) < 4.78 is 38.2. The molecule has 0 bridgehead atoms. The Bertz CT molecular complexity index is 1010. The SMILES string of the molecule is COc1ccc(OC)c(N(C(C)C(=O)Cl)S(=O)(=O)c2ccc(NC(C)=O)cc2)c1. The second kappa shape index (κ2) is 9.15. The molecule has 0 saturated heterocycles. The molecule has 2 aromatic carbocycles. The lowest BCUT2D eigenvalue weighted by Crippen LogP contribution is -2.42. The molecule has 156 valence electrons. The zero-order valence-corrected chi connectivity index (χ0v) is 17.9. The molecule has 29 heavy (non-hydrogen) atoms. The van der Waals surface area contributed by atoms with Crippen LogP contribution in [0, 0.1) is 0 Å². The van der Waals surface area contributed by atoms with E-state index in [0.29, 0.717) is 11.4 Å². The number of sulfonamides is 1. The fourth-order valence-electron chi connectivity index (χ4n) is 2.63. The van der Waals surface area contributed by atoms with E-state index in [1.54, 1.807) is 6.07 Å². The first-order chi connectivity index (χ1) is 13.6. The number of methoxy groups -OCH3 is 2. The van der Waals surface area contributed by atoms with E-state index in [1.807, 2.05) is 0 Å². The molecule has 0 radical (unpaired) electrons. The second-order valence-electron chi connectivity index (χ2n) is 6.02. The predicted molar refractivity (Wildman–Crippen MR) is 110 cm³/mol. The summed E-state index contributed by atoms with van der Waals surface area (Å²) in [5.41, 5.74) is 0.530. The minimum absolute atomic E-state index is 0.0961. The molecule has 1 N–H and O–H groups in total. The van der Waals surface area contributed by atoms with Gasteiger partial charge in [0.1, 0.15) is 17.5 Å². The summed E-state index contributed by atoms with van der Waals surface area (Å²) in [7, 11) is -1.41. The topological polar surface area (TPSA) is 102 Å². The molecule has 0 heterocycles. The van der Waals surface area contributed by atoms with Crippen LogP contribution in [0.25, 0.3) is 0 Å². The van der Waals surface area contributed by atoms with E-state index >= 15 is 0 Å². The molecule has 8 nitrogen and oxygen atoms in total. The van der Waals surface area contributed by atoms with Gasteiger partial charge < -0.3 is 14.8 Å². The second-order valence-corrected chi connectivity index (χ2v) is 8.21. The lowest BCUT2D eigenvalue weighted by molar-refractivity contribution is -0.114. The van der Waals surface area contributed by atoms with Gasteiger partial charge in [-0.2, -0.15) is 0 Å². The van der Waals surface area contributed by atoms with E-state index in [-0.39, 0.29) is 22.2 Å². The summed E-state index contributed by atoms with van der Waals surface area (Å²) >= 11 is 5.65. The molecule has 0 spiro atoms. The van der Waals surface area contributed by atoms with Crippen molar-refractivity contribution in [3.63, 3.8) is 0 Å². The van der Waals surface area contributed by atoms with Crippen LogP contribution in [0.4, 0.5) is 11.4 Å². The fourth-order valence-corrected chi connectivity index (χ4v) is 4.41. The van der Waals surface area contributed by atoms with Gasteiger partial charge >= 0.3 is 0 Å². The largest absolute Gasteiger partial charge is 0.497 e. The van der Waals surface area contributed by atoms with Gasteiger partial charge in [-0.15, -0.1) is 0 Å². The van der Waals surface area contributed by atoms with Crippen LogP contribution < -0.4 is 19.1 Å². The summed E-state index contributed by atoms with van der Waals surface area (Å²) in [6, 6.07) is 8.89. The number of amides is 1. The van der Waals surface area contributed by atoms with Crippen LogP contribution in [0.2, 0.25) is 0 Å². The van der Waals surface area contributed by atoms with Gasteiger partial charge in [0.15, 0.2) is 0 Å². The van der Waals surface area contributed by atoms with Crippen molar-refractivity contribution in [2.45, 2.75) is 24.8 Å². The van der Waals surface area contributed by atoms with E-state index < -0.39 is 21.3 Å². The van der Waals surface area contributed by atoms with Crippen LogP contribution in [-0.2, 0) is 19.6 Å². The maximum absolute atomic E-state index is 13.4. The first-order valence-corrected chi connectivity index (χ1v) is 10.3. The quantitative estimate of drug-likeness (QED) is 0.633. The summed E-state index contributed by atoms with van der Waals surface area (Å²) in [4.78, 5) is 23.0. The van der Waals surface area contributed by atoms with Crippen molar-refractivity contribution in [1.29, 1.82) is 0 Å². The van der Waals surface area contributed by atoms with Crippen LogP contribution in [-0.4, -0.2) is 39.8 Å². The molecule has 0 aliphatic rings. The highest BCUT2D eigenvalue weighted by Gasteiger charge is 2.35. The van der Waals surface area contributed by atoms with Gasteiger partial charge in [0, 0.05) is 18.7 Å². The normalized spacial score (nSPS) is 12.0. The van der Waals surface area contributed by atoms with Gasteiger partial charge in [0.2, 0.25) is 11.1 Å². The number of halogens is 1.